The predicted molar refractivity (Wildman–Crippen MR) is 218 cm³/mol. The Morgan fingerprint density at radius 3 is 0.708 bits per heavy atom. The van der Waals surface area contributed by atoms with Gasteiger partial charge in [-0.2, -0.15) is 24.6 Å². The molecule has 6 saturated carbocycles. The van der Waals surface area contributed by atoms with Gasteiger partial charge in [0.25, 0.3) is 0 Å². The Hall–Kier alpha value is 1.15. The van der Waals surface area contributed by atoms with E-state index in [1.165, 1.54) is 72.5 Å². The van der Waals surface area contributed by atoms with E-state index in [-0.39, 0.29) is 15.1 Å². The van der Waals surface area contributed by atoms with E-state index in [0.29, 0.717) is 15.8 Å². The Bertz CT molecular complexity index is 742. The molecule has 6 aliphatic rings. The summed E-state index contributed by atoms with van der Waals surface area (Å²) in [5.74, 6) is 0. The van der Waals surface area contributed by atoms with Gasteiger partial charge in [0.1, 0.15) is 0 Å². The van der Waals surface area contributed by atoms with E-state index in [1.807, 2.05) is 30.3 Å². The molecule has 1 aromatic rings. The summed E-state index contributed by atoms with van der Waals surface area (Å²) in [7, 11) is 10.5. The number of hydrogen-bond donors (Lipinski definition) is 0. The van der Waals surface area contributed by atoms with Crippen LogP contribution in [0.25, 0.3) is 0 Å². The molecule has 278 valence electrons. The van der Waals surface area contributed by atoms with E-state index in [2.05, 4.69) is 6.92 Å². The van der Waals surface area contributed by atoms with E-state index < -0.39 is 0 Å². The summed E-state index contributed by atoms with van der Waals surface area (Å²) in [5.41, 5.74) is 8.21. The van der Waals surface area contributed by atoms with Gasteiger partial charge in [0.2, 0.25) is 0 Å². The molecule has 0 atom stereocenters. The van der Waals surface area contributed by atoms with Gasteiger partial charge < -0.3 is 0 Å². The van der Waals surface area contributed by atoms with Crippen LogP contribution in [0.1, 0.15) is 198 Å². The molecule has 0 nitrogen and oxygen atoms in total. The molecule has 6 aliphatic carbocycles. The molecule has 0 N–H and O–H groups in total. The molecule has 0 spiro atoms. The van der Waals surface area contributed by atoms with Gasteiger partial charge in [0.15, 0.2) is 0 Å². The molecule has 0 aliphatic heterocycles. The van der Waals surface area contributed by atoms with Crippen LogP contribution >= 0.6 is 35.2 Å². The Morgan fingerprint density at radius 2 is 0.562 bits per heavy atom. The van der Waals surface area contributed by atoms with Crippen LogP contribution in [0.2, 0.25) is 0 Å². The van der Waals surface area contributed by atoms with Crippen molar-refractivity contribution in [1.82, 2.24) is 0 Å². The summed E-state index contributed by atoms with van der Waals surface area (Å²) in [4.78, 5) is 0. The van der Waals surface area contributed by atoms with E-state index in [4.69, 9.17) is 19.4 Å². The molecular weight excluding hydrogens is 750 g/mol. The second kappa shape index (κ2) is 26.0. The van der Waals surface area contributed by atoms with Crippen molar-refractivity contribution in [3.8, 4) is 0 Å². The average molecular weight is 824 g/mol. The van der Waals surface area contributed by atoms with Crippen molar-refractivity contribution in [2.45, 2.75) is 227 Å². The van der Waals surface area contributed by atoms with Gasteiger partial charge in [-0.25, -0.2) is 0 Å². The second-order valence-electron chi connectivity index (χ2n) is 16.2. The summed E-state index contributed by atoms with van der Waals surface area (Å²) in [5, 5.41) is 0. The Labute approximate surface area is 317 Å². The van der Waals surface area contributed by atoms with Crippen molar-refractivity contribution in [1.29, 1.82) is 0 Å². The topological polar surface area (TPSA) is 0 Å². The fourth-order valence-corrected chi connectivity index (χ4v) is 19.9. The quantitative estimate of drug-likeness (QED) is 0.152. The Balaban J connectivity index is 0.000000170. The van der Waals surface area contributed by atoms with E-state index >= 15 is 0 Å². The fraction of sp³-hybridized carbons (Fsp3) is 0.837. The molecule has 7 rings (SSSR count). The van der Waals surface area contributed by atoms with Crippen molar-refractivity contribution in [2.24, 2.45) is 0 Å². The molecule has 0 unspecified atom stereocenters. The van der Waals surface area contributed by atoms with Crippen LogP contribution in [-0.4, -0.2) is 34.0 Å². The van der Waals surface area contributed by atoms with Gasteiger partial charge in [-0.3, -0.25) is 0 Å². The third-order valence-corrected chi connectivity index (χ3v) is 21.0. The molecule has 0 saturated heterocycles. The molecular formula is C43H73Cl2P2Ru-. The first-order valence-electron chi connectivity index (χ1n) is 21.0. The van der Waals surface area contributed by atoms with Crippen LogP contribution in [0.3, 0.4) is 0 Å². The van der Waals surface area contributed by atoms with Gasteiger partial charge in [-0.15, -0.1) is 12.1 Å². The van der Waals surface area contributed by atoms with Crippen LogP contribution < -0.4 is 0 Å². The van der Waals surface area contributed by atoms with Crippen molar-refractivity contribution >= 4 is 35.2 Å². The SMILES string of the molecule is C1CCC(P(C2CCCCC2)C2CCCCC2)CC1.C1CCC(P(C2CCCCC2)C2CCCCC2)CC1.[CH2-]c1ccccc1.[Cl][Ru][Cl]. The van der Waals surface area contributed by atoms with Crippen molar-refractivity contribution in [2.75, 3.05) is 0 Å². The Kier molecular flexibility index (Phi) is 22.7. The molecule has 5 heteroatoms. The minimum absolute atomic E-state index is 0.346. The summed E-state index contributed by atoms with van der Waals surface area (Å²) in [6.07, 6.45) is 47.2. The molecule has 0 radical (unpaired) electrons. The zero-order valence-electron chi connectivity index (χ0n) is 30.8. The normalized spacial score (nSPS) is 24.6. The van der Waals surface area contributed by atoms with Crippen LogP contribution in [0.5, 0.6) is 0 Å². The zero-order valence-corrected chi connectivity index (χ0v) is 35.8. The van der Waals surface area contributed by atoms with Crippen LogP contribution in [0.4, 0.5) is 0 Å². The number of rotatable bonds is 6. The van der Waals surface area contributed by atoms with Gasteiger partial charge in [0.05, 0.1) is 0 Å². The van der Waals surface area contributed by atoms with E-state index in [0.717, 1.165) is 5.56 Å². The molecule has 6 fully saturated rings. The Morgan fingerprint density at radius 1 is 0.375 bits per heavy atom. The predicted octanol–water partition coefficient (Wildman–Crippen LogP) is 16.2. The van der Waals surface area contributed by atoms with Crippen molar-refractivity contribution < 1.29 is 15.1 Å². The maximum absolute atomic E-state index is 4.85. The second-order valence-corrected chi connectivity index (χ2v) is 25.0. The van der Waals surface area contributed by atoms with Gasteiger partial charge in [-0.05, 0) is 111 Å². The third-order valence-electron chi connectivity index (χ3n) is 12.8. The number of benzene rings is 1. The molecule has 0 bridgehead atoms. The first kappa shape index (κ1) is 41.9. The standard InChI is InChI=1S/2C18H33P.C7H7.2ClH.Ru/c2*1-4-10-16(11-5-1)19(17-12-6-2-7-13-17)18-14-8-3-9-15-18;1-7-5-3-2-4-6-7;;;/h2*16-18H,1-15H2;2-6H,1H2;2*1H;/q;;-1;;;+2/p-2. The van der Waals surface area contributed by atoms with E-state index in [9.17, 15) is 0 Å². The maximum atomic E-state index is 4.85. The first-order valence-corrected chi connectivity index (χ1v) is 28.6. The number of halogens is 2. The van der Waals surface area contributed by atoms with E-state index in [1.54, 1.807) is 154 Å². The number of hydrogen-bond acceptors (Lipinski definition) is 0. The molecule has 48 heavy (non-hydrogen) atoms. The minimum atomic E-state index is -0.346. The summed E-state index contributed by atoms with van der Waals surface area (Å²) in [6.45, 7) is 3.72. The molecule has 0 aromatic heterocycles. The van der Waals surface area contributed by atoms with Crippen molar-refractivity contribution in [3.63, 3.8) is 0 Å². The van der Waals surface area contributed by atoms with Gasteiger partial charge in [-0.1, -0.05) is 137 Å². The third kappa shape index (κ3) is 15.3. The van der Waals surface area contributed by atoms with Gasteiger partial charge >= 0.3 is 34.5 Å². The first-order chi connectivity index (χ1) is 23.7. The average Bonchev–Trinajstić information content (AvgIpc) is 3.16. The van der Waals surface area contributed by atoms with Crippen LogP contribution in [-0.2, 0) is 15.1 Å². The van der Waals surface area contributed by atoms with Crippen molar-refractivity contribution in [3.05, 3.63) is 42.8 Å². The zero-order chi connectivity index (χ0) is 33.7. The molecule has 1 aromatic carbocycles. The van der Waals surface area contributed by atoms with Gasteiger partial charge in [0, 0.05) is 0 Å². The van der Waals surface area contributed by atoms with Crippen LogP contribution in [0, 0.1) is 6.92 Å². The van der Waals surface area contributed by atoms with Crippen LogP contribution in [0.15, 0.2) is 30.3 Å². The summed E-state index contributed by atoms with van der Waals surface area (Å²) in [6, 6.07) is 9.87. The molecule has 0 amide bonds. The molecule has 0 heterocycles. The summed E-state index contributed by atoms with van der Waals surface area (Å²) >= 11 is -0.346. The summed E-state index contributed by atoms with van der Waals surface area (Å²) < 4.78 is 0. The monoisotopic (exact) mass is 823 g/mol. The fourth-order valence-electron chi connectivity index (χ4n) is 10.5.